The maximum absolute atomic E-state index is 5.25. The summed E-state index contributed by atoms with van der Waals surface area (Å²) in [6.45, 7) is 5.98. The van der Waals surface area contributed by atoms with Gasteiger partial charge >= 0.3 is 0 Å². The lowest BCUT2D eigenvalue weighted by molar-refractivity contribution is 0.476. The summed E-state index contributed by atoms with van der Waals surface area (Å²) in [7, 11) is 0. The Balaban J connectivity index is 1.78. The molecule has 2 aromatic rings. The molecule has 2 rings (SSSR count). The average Bonchev–Trinajstić information content (AvgIpc) is 2.89. The zero-order chi connectivity index (χ0) is 11.4. The van der Waals surface area contributed by atoms with Gasteiger partial charge in [-0.15, -0.1) is 11.3 Å². The largest absolute Gasteiger partial charge is 0.468 e. The smallest absolute Gasteiger partial charge is 0.117 e. The quantitative estimate of drug-likeness (QED) is 0.867. The van der Waals surface area contributed by atoms with Gasteiger partial charge in [0.2, 0.25) is 0 Å². The zero-order valence-corrected chi connectivity index (χ0v) is 10.4. The van der Waals surface area contributed by atoms with Crippen molar-refractivity contribution in [3.05, 3.63) is 40.2 Å². The number of thiazole rings is 1. The molecule has 0 aliphatic carbocycles. The molecule has 4 heteroatoms. The number of furan rings is 1. The van der Waals surface area contributed by atoms with Crippen molar-refractivity contribution in [1.82, 2.24) is 10.3 Å². The van der Waals surface area contributed by atoms with Crippen molar-refractivity contribution in [3.63, 3.8) is 0 Å². The van der Waals surface area contributed by atoms with Crippen LogP contribution < -0.4 is 5.32 Å². The van der Waals surface area contributed by atoms with Crippen LogP contribution in [0.5, 0.6) is 0 Å². The van der Waals surface area contributed by atoms with Gasteiger partial charge in [-0.3, -0.25) is 0 Å². The highest BCUT2D eigenvalue weighted by atomic mass is 32.1. The maximum Gasteiger partial charge on any atom is 0.117 e. The van der Waals surface area contributed by atoms with Crippen LogP contribution in [-0.2, 0) is 6.54 Å². The number of hydrogen-bond donors (Lipinski definition) is 1. The van der Waals surface area contributed by atoms with Gasteiger partial charge in [-0.25, -0.2) is 4.98 Å². The van der Waals surface area contributed by atoms with Gasteiger partial charge < -0.3 is 9.73 Å². The Morgan fingerprint density at radius 1 is 1.56 bits per heavy atom. The second kappa shape index (κ2) is 5.27. The van der Waals surface area contributed by atoms with E-state index in [1.165, 1.54) is 9.88 Å². The van der Waals surface area contributed by atoms with E-state index in [0.717, 1.165) is 18.8 Å². The van der Waals surface area contributed by atoms with Crippen molar-refractivity contribution < 1.29 is 4.42 Å². The molecule has 16 heavy (non-hydrogen) atoms. The fourth-order valence-corrected chi connectivity index (χ4v) is 2.34. The van der Waals surface area contributed by atoms with Gasteiger partial charge in [0.05, 0.1) is 17.8 Å². The van der Waals surface area contributed by atoms with Crippen LogP contribution in [0.25, 0.3) is 0 Å². The lowest BCUT2D eigenvalue weighted by Crippen LogP contribution is -2.19. The van der Waals surface area contributed by atoms with Crippen molar-refractivity contribution >= 4 is 11.3 Å². The molecule has 0 spiro atoms. The summed E-state index contributed by atoms with van der Waals surface area (Å²) in [5.41, 5.74) is 0. The Morgan fingerprint density at radius 3 is 3.06 bits per heavy atom. The number of rotatable bonds is 5. The molecule has 0 aromatic carbocycles. The molecule has 0 radical (unpaired) electrons. The maximum atomic E-state index is 5.25. The Labute approximate surface area is 99.5 Å². The Hall–Kier alpha value is -1.13. The summed E-state index contributed by atoms with van der Waals surface area (Å²) in [6.07, 6.45) is 3.63. The number of aryl methyl sites for hydroxylation is 1. The summed E-state index contributed by atoms with van der Waals surface area (Å²) in [6, 6.07) is 3.88. The van der Waals surface area contributed by atoms with E-state index in [4.69, 9.17) is 4.42 Å². The van der Waals surface area contributed by atoms with Crippen LogP contribution in [0.15, 0.2) is 29.0 Å². The monoisotopic (exact) mass is 236 g/mol. The predicted molar refractivity (Wildman–Crippen MR) is 65.7 cm³/mol. The molecule has 0 fully saturated rings. The van der Waals surface area contributed by atoms with Gasteiger partial charge in [0.25, 0.3) is 0 Å². The van der Waals surface area contributed by atoms with Gasteiger partial charge in [-0.2, -0.15) is 0 Å². The van der Waals surface area contributed by atoms with Crippen molar-refractivity contribution in [2.24, 2.45) is 0 Å². The third-order valence-electron chi connectivity index (χ3n) is 2.39. The first-order valence-electron chi connectivity index (χ1n) is 5.41. The van der Waals surface area contributed by atoms with E-state index < -0.39 is 0 Å². The van der Waals surface area contributed by atoms with Crippen molar-refractivity contribution in [3.8, 4) is 0 Å². The van der Waals surface area contributed by atoms with E-state index in [1.807, 2.05) is 18.3 Å². The molecule has 0 aliphatic heterocycles. The highest BCUT2D eigenvalue weighted by Crippen LogP contribution is 2.20. The van der Waals surface area contributed by atoms with Crippen LogP contribution >= 0.6 is 11.3 Å². The highest BCUT2D eigenvalue weighted by molar-refractivity contribution is 7.11. The molecule has 0 saturated heterocycles. The molecule has 86 valence electrons. The first kappa shape index (κ1) is 11.4. The zero-order valence-electron chi connectivity index (χ0n) is 9.56. The molecule has 1 N–H and O–H groups in total. The van der Waals surface area contributed by atoms with E-state index in [0.29, 0.717) is 5.92 Å². The number of hydrogen-bond acceptors (Lipinski definition) is 4. The number of nitrogens with zero attached hydrogens (tertiary/aromatic N) is 1. The topological polar surface area (TPSA) is 38.1 Å². The van der Waals surface area contributed by atoms with Gasteiger partial charge in [0.15, 0.2) is 0 Å². The van der Waals surface area contributed by atoms with E-state index in [1.54, 1.807) is 17.6 Å². The fraction of sp³-hybridized carbons (Fsp3) is 0.417. The average molecular weight is 236 g/mol. The SMILES string of the molecule is Cc1cnc(C(C)CNCc2ccco2)s1. The lowest BCUT2D eigenvalue weighted by Gasteiger charge is -2.08. The minimum Gasteiger partial charge on any atom is -0.468 e. The molecule has 0 bridgehead atoms. The van der Waals surface area contributed by atoms with Crippen molar-refractivity contribution in [1.29, 1.82) is 0 Å². The van der Waals surface area contributed by atoms with Gasteiger partial charge in [-0.05, 0) is 19.1 Å². The number of aromatic nitrogens is 1. The van der Waals surface area contributed by atoms with Crippen LogP contribution in [0.3, 0.4) is 0 Å². The van der Waals surface area contributed by atoms with Crippen molar-refractivity contribution in [2.45, 2.75) is 26.3 Å². The van der Waals surface area contributed by atoms with Crippen LogP contribution in [0, 0.1) is 6.92 Å². The third kappa shape index (κ3) is 2.93. The third-order valence-corrected chi connectivity index (χ3v) is 3.53. The minimum absolute atomic E-state index is 0.452. The molecular weight excluding hydrogens is 220 g/mol. The first-order chi connectivity index (χ1) is 7.75. The summed E-state index contributed by atoms with van der Waals surface area (Å²) in [5.74, 6) is 1.43. The molecular formula is C12H16N2OS. The molecule has 2 aromatic heterocycles. The standard InChI is InChI=1S/C12H16N2OS/c1-9(12-14-7-10(2)16-12)6-13-8-11-4-3-5-15-11/h3-5,7,9,13H,6,8H2,1-2H3. The molecule has 3 nitrogen and oxygen atoms in total. The summed E-state index contributed by atoms with van der Waals surface area (Å²) >= 11 is 1.77. The Bertz CT molecular complexity index is 422. The van der Waals surface area contributed by atoms with Crippen LogP contribution in [0.1, 0.15) is 28.5 Å². The predicted octanol–water partition coefficient (Wildman–Crippen LogP) is 2.94. The fourth-order valence-electron chi connectivity index (χ4n) is 1.51. The molecule has 0 amide bonds. The van der Waals surface area contributed by atoms with Crippen LogP contribution in [0.2, 0.25) is 0 Å². The minimum atomic E-state index is 0.452. The first-order valence-corrected chi connectivity index (χ1v) is 6.23. The summed E-state index contributed by atoms with van der Waals surface area (Å²) < 4.78 is 5.25. The second-order valence-corrected chi connectivity index (χ2v) is 5.19. The summed E-state index contributed by atoms with van der Waals surface area (Å²) in [5, 5.41) is 4.57. The van der Waals surface area contributed by atoms with E-state index in [2.05, 4.69) is 24.1 Å². The van der Waals surface area contributed by atoms with Gasteiger partial charge in [0.1, 0.15) is 5.76 Å². The normalized spacial score (nSPS) is 12.9. The van der Waals surface area contributed by atoms with E-state index in [-0.39, 0.29) is 0 Å². The Morgan fingerprint density at radius 2 is 2.44 bits per heavy atom. The highest BCUT2D eigenvalue weighted by Gasteiger charge is 2.08. The van der Waals surface area contributed by atoms with Gasteiger partial charge in [0, 0.05) is 23.5 Å². The van der Waals surface area contributed by atoms with Crippen LogP contribution in [-0.4, -0.2) is 11.5 Å². The molecule has 0 saturated carbocycles. The summed E-state index contributed by atoms with van der Waals surface area (Å²) in [4.78, 5) is 5.66. The molecule has 1 atom stereocenters. The number of nitrogens with one attached hydrogen (secondary N) is 1. The van der Waals surface area contributed by atoms with Crippen LogP contribution in [0.4, 0.5) is 0 Å². The lowest BCUT2D eigenvalue weighted by atomic mass is 10.2. The second-order valence-electron chi connectivity index (χ2n) is 3.92. The van der Waals surface area contributed by atoms with E-state index >= 15 is 0 Å². The van der Waals surface area contributed by atoms with E-state index in [9.17, 15) is 0 Å². The molecule has 1 unspecified atom stereocenters. The van der Waals surface area contributed by atoms with Gasteiger partial charge in [-0.1, -0.05) is 6.92 Å². The Kier molecular flexibility index (Phi) is 3.74. The van der Waals surface area contributed by atoms with Crippen molar-refractivity contribution in [2.75, 3.05) is 6.54 Å². The molecule has 0 aliphatic rings. The molecule has 2 heterocycles.